The molecule has 0 aliphatic rings. The average Bonchev–Trinajstić information content (AvgIpc) is 3.70. The summed E-state index contributed by atoms with van der Waals surface area (Å²) in [7, 11) is 0. The zero-order valence-corrected chi connectivity index (χ0v) is 31.8. The zero-order valence-electron chi connectivity index (χ0n) is 31.8. The Morgan fingerprint density at radius 2 is 0.712 bits per heavy atom. The molecule has 0 aliphatic heterocycles. The highest BCUT2D eigenvalue weighted by atomic mass is 16.3. The van der Waals surface area contributed by atoms with E-state index in [0.29, 0.717) is 5.82 Å². The fraction of sp³-hybridized carbons (Fsp3) is 0. The minimum atomic E-state index is 0.711. The van der Waals surface area contributed by atoms with Crippen LogP contribution in [0.2, 0.25) is 0 Å². The lowest BCUT2D eigenvalue weighted by Crippen LogP contribution is -1.95. The Bertz CT molecular complexity index is 3830. The van der Waals surface area contributed by atoms with Crippen LogP contribution in [0.5, 0.6) is 0 Å². The first-order chi connectivity index (χ1) is 29.2. The van der Waals surface area contributed by atoms with Crippen molar-refractivity contribution in [3.05, 3.63) is 194 Å². The molecule has 13 rings (SSSR count). The monoisotopic (exact) mass is 748 g/mol. The van der Waals surface area contributed by atoms with E-state index in [2.05, 4.69) is 194 Å². The predicted molar refractivity (Wildman–Crippen MR) is 247 cm³/mol. The topological polar surface area (TPSA) is 38.9 Å². The minimum Gasteiger partial charge on any atom is -0.456 e. The van der Waals surface area contributed by atoms with Gasteiger partial charge in [0.1, 0.15) is 11.2 Å². The van der Waals surface area contributed by atoms with Crippen LogP contribution in [0.4, 0.5) is 0 Å². The van der Waals surface area contributed by atoms with E-state index >= 15 is 0 Å². The lowest BCUT2D eigenvalue weighted by molar-refractivity contribution is 0.669. The summed E-state index contributed by atoms with van der Waals surface area (Å²) >= 11 is 0. The Morgan fingerprint density at radius 3 is 1.37 bits per heavy atom. The Morgan fingerprint density at radius 1 is 0.271 bits per heavy atom. The van der Waals surface area contributed by atoms with Gasteiger partial charge in [-0.15, -0.1) is 0 Å². The van der Waals surface area contributed by atoms with E-state index in [4.69, 9.17) is 14.4 Å². The molecule has 0 spiro atoms. The van der Waals surface area contributed by atoms with Gasteiger partial charge in [0.2, 0.25) is 0 Å². The third-order valence-corrected chi connectivity index (χ3v) is 12.4. The van der Waals surface area contributed by atoms with Gasteiger partial charge >= 0.3 is 0 Å². The van der Waals surface area contributed by atoms with E-state index in [-0.39, 0.29) is 0 Å². The van der Waals surface area contributed by atoms with Gasteiger partial charge in [-0.2, -0.15) is 0 Å². The molecular formula is C56H32N2O. The van der Waals surface area contributed by atoms with Gasteiger partial charge in [0.15, 0.2) is 5.82 Å². The summed E-state index contributed by atoms with van der Waals surface area (Å²) in [5.41, 5.74) is 10.5. The Kier molecular flexibility index (Phi) is 6.72. The van der Waals surface area contributed by atoms with Gasteiger partial charge in [-0.25, -0.2) is 9.97 Å². The van der Waals surface area contributed by atoms with Gasteiger partial charge in [-0.3, -0.25) is 0 Å². The number of fused-ring (bicyclic) bond motifs is 10. The number of rotatable bonds is 4. The van der Waals surface area contributed by atoms with Crippen molar-refractivity contribution in [1.82, 2.24) is 9.97 Å². The predicted octanol–water partition coefficient (Wildman–Crippen LogP) is 15.4. The molecule has 11 aromatic carbocycles. The van der Waals surface area contributed by atoms with E-state index in [9.17, 15) is 0 Å². The number of para-hydroxylation sites is 1. The molecule has 0 fully saturated rings. The average molecular weight is 749 g/mol. The molecule has 0 unspecified atom stereocenters. The van der Waals surface area contributed by atoms with Crippen molar-refractivity contribution in [2.45, 2.75) is 0 Å². The smallest absolute Gasteiger partial charge is 0.160 e. The molecule has 0 N–H and O–H groups in total. The summed E-state index contributed by atoms with van der Waals surface area (Å²) in [4.78, 5) is 10.5. The maximum atomic E-state index is 6.33. The fourth-order valence-electron chi connectivity index (χ4n) is 9.65. The second-order valence-electron chi connectivity index (χ2n) is 15.6. The Hall–Kier alpha value is -7.88. The van der Waals surface area contributed by atoms with E-state index in [1.165, 1.54) is 86.9 Å². The number of hydrogen-bond donors (Lipinski definition) is 0. The van der Waals surface area contributed by atoms with Crippen molar-refractivity contribution in [2.75, 3.05) is 0 Å². The van der Waals surface area contributed by atoms with Crippen LogP contribution < -0.4 is 0 Å². The van der Waals surface area contributed by atoms with Crippen molar-refractivity contribution in [1.29, 1.82) is 0 Å². The SMILES string of the molecule is c1ccc(-c2ccc(-c3nc(-c4ccc5c6ccccc6c6ccc(-c7ccc8c(c7)c7cccc9oc%10cccc8c%10c97)cc6c5c4)nc4ccccc34)cc2)cc1. The van der Waals surface area contributed by atoms with Crippen molar-refractivity contribution < 1.29 is 4.42 Å². The molecule has 0 amide bonds. The van der Waals surface area contributed by atoms with Crippen molar-refractivity contribution in [3.8, 4) is 44.9 Å². The second kappa shape index (κ2) is 12.3. The molecule has 0 saturated heterocycles. The fourth-order valence-corrected chi connectivity index (χ4v) is 9.65. The van der Waals surface area contributed by atoms with Gasteiger partial charge in [-0.1, -0.05) is 158 Å². The third kappa shape index (κ3) is 4.82. The first-order valence-electron chi connectivity index (χ1n) is 20.1. The highest BCUT2D eigenvalue weighted by Crippen LogP contribution is 2.44. The van der Waals surface area contributed by atoms with Gasteiger partial charge in [0.25, 0.3) is 0 Å². The lowest BCUT2D eigenvalue weighted by Gasteiger charge is -2.15. The van der Waals surface area contributed by atoms with Crippen molar-refractivity contribution in [2.24, 2.45) is 0 Å². The van der Waals surface area contributed by atoms with Crippen LogP contribution in [0.3, 0.4) is 0 Å². The van der Waals surface area contributed by atoms with Crippen molar-refractivity contribution >= 4 is 86.7 Å². The van der Waals surface area contributed by atoms with Gasteiger partial charge in [0.05, 0.1) is 11.2 Å². The largest absolute Gasteiger partial charge is 0.456 e. The van der Waals surface area contributed by atoms with Gasteiger partial charge in [0, 0.05) is 27.3 Å². The van der Waals surface area contributed by atoms with Crippen LogP contribution in [0, 0.1) is 0 Å². The molecule has 59 heavy (non-hydrogen) atoms. The van der Waals surface area contributed by atoms with Crippen LogP contribution in [0.25, 0.3) is 132 Å². The quantitative estimate of drug-likeness (QED) is 0.168. The summed E-state index contributed by atoms with van der Waals surface area (Å²) in [5, 5.41) is 15.7. The highest BCUT2D eigenvalue weighted by Gasteiger charge is 2.19. The molecule has 0 saturated carbocycles. The van der Waals surface area contributed by atoms with Crippen LogP contribution in [-0.4, -0.2) is 9.97 Å². The molecule has 0 aliphatic carbocycles. The normalized spacial score (nSPS) is 12.1. The van der Waals surface area contributed by atoms with Crippen molar-refractivity contribution in [3.63, 3.8) is 0 Å². The number of benzene rings is 11. The summed E-state index contributed by atoms with van der Waals surface area (Å²) in [5.74, 6) is 0.711. The first kappa shape index (κ1) is 32.2. The maximum absolute atomic E-state index is 6.33. The highest BCUT2D eigenvalue weighted by molar-refractivity contribution is 6.33. The zero-order chi connectivity index (χ0) is 38.6. The van der Waals surface area contributed by atoms with E-state index < -0.39 is 0 Å². The second-order valence-corrected chi connectivity index (χ2v) is 15.6. The maximum Gasteiger partial charge on any atom is 0.160 e. The van der Waals surface area contributed by atoms with Crippen LogP contribution in [0.15, 0.2) is 199 Å². The van der Waals surface area contributed by atoms with Crippen LogP contribution in [0.1, 0.15) is 0 Å². The van der Waals surface area contributed by atoms with Crippen LogP contribution in [-0.2, 0) is 0 Å². The Balaban J connectivity index is 1.01. The van der Waals surface area contributed by atoms with Gasteiger partial charge in [-0.05, 0) is 113 Å². The molecule has 2 heterocycles. The minimum absolute atomic E-state index is 0.711. The molecule has 0 bridgehead atoms. The number of furan rings is 1. The molecule has 3 nitrogen and oxygen atoms in total. The molecule has 13 aromatic rings. The van der Waals surface area contributed by atoms with E-state index in [1.807, 2.05) is 0 Å². The summed E-state index contributed by atoms with van der Waals surface area (Å²) in [6, 6.07) is 69.8. The number of aromatic nitrogens is 2. The lowest BCUT2D eigenvalue weighted by atomic mass is 9.89. The molecule has 272 valence electrons. The van der Waals surface area contributed by atoms with E-state index in [1.54, 1.807) is 0 Å². The molecule has 3 heteroatoms. The molecule has 2 aromatic heterocycles. The number of hydrogen-bond acceptors (Lipinski definition) is 3. The molecule has 0 atom stereocenters. The summed E-state index contributed by atoms with van der Waals surface area (Å²) in [6.07, 6.45) is 0. The third-order valence-electron chi connectivity index (χ3n) is 12.4. The summed E-state index contributed by atoms with van der Waals surface area (Å²) in [6.45, 7) is 0. The molecular weight excluding hydrogens is 717 g/mol. The summed E-state index contributed by atoms with van der Waals surface area (Å²) < 4.78 is 6.33. The number of nitrogens with zero attached hydrogens (tertiary/aromatic N) is 2. The first-order valence-corrected chi connectivity index (χ1v) is 20.1. The van der Waals surface area contributed by atoms with Crippen LogP contribution >= 0.6 is 0 Å². The van der Waals surface area contributed by atoms with E-state index in [0.717, 1.165) is 38.9 Å². The van der Waals surface area contributed by atoms with Gasteiger partial charge < -0.3 is 4.42 Å². The standard InChI is InChI=1S/C56H32N2O/c1-2-10-33(11-3-1)34-20-22-35(23-21-34)55-46-14-6-7-17-50(46)57-56(58-55)38-26-29-42-40-13-5-4-12-39(40)41-27-24-37(31-48(41)49(42)32-38)36-25-28-43-44-15-8-18-51-53(44)54-45(47(43)30-36)16-9-19-52(54)59-51/h1-32H. The molecule has 0 radical (unpaired) electrons. The Labute approximate surface area is 338 Å².